The molecule has 3 rings (SSSR count). The molecule has 1 unspecified atom stereocenters. The molecular formula is C15H16N2O3. The lowest BCUT2D eigenvalue weighted by molar-refractivity contribution is -0.384. The lowest BCUT2D eigenvalue weighted by Crippen LogP contribution is -2.11. The molecule has 0 saturated heterocycles. The molecule has 0 spiro atoms. The molecular weight excluding hydrogens is 256 g/mol. The van der Waals surface area contributed by atoms with Gasteiger partial charge in [-0.05, 0) is 38.3 Å². The summed E-state index contributed by atoms with van der Waals surface area (Å²) in [6, 6.07) is 8.61. The number of aliphatic hydroxyl groups is 1. The van der Waals surface area contributed by atoms with E-state index >= 15 is 0 Å². The summed E-state index contributed by atoms with van der Waals surface area (Å²) in [6.07, 6.45) is 2.19. The lowest BCUT2D eigenvalue weighted by atomic mass is 9.95. The second-order valence-electron chi connectivity index (χ2n) is 5.21. The molecule has 1 aromatic carbocycles. The van der Waals surface area contributed by atoms with Crippen LogP contribution in [0.5, 0.6) is 0 Å². The molecule has 20 heavy (non-hydrogen) atoms. The molecule has 0 bridgehead atoms. The van der Waals surface area contributed by atoms with Crippen LogP contribution in [0.25, 0.3) is 5.69 Å². The number of nitro benzene ring substituents is 1. The monoisotopic (exact) mass is 272 g/mol. The topological polar surface area (TPSA) is 68.3 Å². The molecule has 0 saturated carbocycles. The first-order chi connectivity index (χ1) is 9.58. The van der Waals surface area contributed by atoms with Crippen LogP contribution in [-0.2, 0) is 6.42 Å². The van der Waals surface area contributed by atoms with E-state index in [0.717, 1.165) is 41.9 Å². The van der Waals surface area contributed by atoms with Crippen molar-refractivity contribution in [1.82, 2.24) is 4.57 Å². The van der Waals surface area contributed by atoms with E-state index < -0.39 is 6.10 Å². The standard InChI is InChI=1S/C15H16N2O3/c1-10-8-13-14(6-3-7-15(13)18)16(10)11-4-2-5-12(9-11)17(19)20/h2,4-5,8-9,15,18H,3,6-7H2,1H3. The molecule has 0 fully saturated rings. The number of nitro groups is 1. The lowest BCUT2D eigenvalue weighted by Gasteiger charge is -2.20. The van der Waals surface area contributed by atoms with Gasteiger partial charge in [0.2, 0.25) is 0 Å². The third-order valence-corrected chi connectivity index (χ3v) is 3.87. The Morgan fingerprint density at radius 2 is 2.20 bits per heavy atom. The highest BCUT2D eigenvalue weighted by Crippen LogP contribution is 2.34. The van der Waals surface area contributed by atoms with E-state index in [4.69, 9.17) is 0 Å². The average Bonchev–Trinajstić information content (AvgIpc) is 2.77. The Hall–Kier alpha value is -2.14. The van der Waals surface area contributed by atoms with Gasteiger partial charge in [-0.3, -0.25) is 10.1 Å². The number of nitrogens with zero attached hydrogens (tertiary/aromatic N) is 2. The minimum absolute atomic E-state index is 0.0840. The molecule has 2 aromatic rings. The van der Waals surface area contributed by atoms with Gasteiger partial charge in [0.05, 0.1) is 16.7 Å². The second kappa shape index (κ2) is 4.76. The quantitative estimate of drug-likeness (QED) is 0.674. The van der Waals surface area contributed by atoms with Gasteiger partial charge in [0, 0.05) is 29.1 Å². The van der Waals surface area contributed by atoms with Crippen molar-refractivity contribution >= 4 is 5.69 Å². The molecule has 1 aliphatic carbocycles. The summed E-state index contributed by atoms with van der Waals surface area (Å²) in [4.78, 5) is 10.5. The van der Waals surface area contributed by atoms with Crippen molar-refractivity contribution in [3.63, 3.8) is 0 Å². The summed E-state index contributed by atoms with van der Waals surface area (Å²) >= 11 is 0. The van der Waals surface area contributed by atoms with Crippen LogP contribution >= 0.6 is 0 Å². The number of fused-ring (bicyclic) bond motifs is 1. The van der Waals surface area contributed by atoms with Crippen molar-refractivity contribution in [3.8, 4) is 5.69 Å². The third kappa shape index (κ3) is 2.00. The zero-order valence-electron chi connectivity index (χ0n) is 11.2. The summed E-state index contributed by atoms with van der Waals surface area (Å²) in [5, 5.41) is 21.0. The average molecular weight is 272 g/mol. The highest BCUT2D eigenvalue weighted by molar-refractivity contribution is 5.48. The normalized spacial score (nSPS) is 17.8. The minimum Gasteiger partial charge on any atom is -0.388 e. The molecule has 1 N–H and O–H groups in total. The van der Waals surface area contributed by atoms with Crippen molar-refractivity contribution in [3.05, 3.63) is 57.4 Å². The summed E-state index contributed by atoms with van der Waals surface area (Å²) in [5.41, 5.74) is 3.89. The Balaban J connectivity index is 2.15. The predicted octanol–water partition coefficient (Wildman–Crippen LogP) is 3.06. The van der Waals surface area contributed by atoms with Crippen LogP contribution in [0.1, 0.15) is 35.9 Å². The van der Waals surface area contributed by atoms with Crippen LogP contribution in [0.15, 0.2) is 30.3 Å². The summed E-state index contributed by atoms with van der Waals surface area (Å²) in [5.74, 6) is 0. The van der Waals surface area contributed by atoms with Gasteiger partial charge in [0.15, 0.2) is 0 Å². The van der Waals surface area contributed by atoms with E-state index in [0.29, 0.717) is 0 Å². The van der Waals surface area contributed by atoms with Gasteiger partial charge in [-0.15, -0.1) is 0 Å². The van der Waals surface area contributed by atoms with Crippen molar-refractivity contribution in [2.75, 3.05) is 0 Å². The number of aliphatic hydroxyl groups excluding tert-OH is 1. The van der Waals surface area contributed by atoms with E-state index in [9.17, 15) is 15.2 Å². The molecule has 0 aliphatic heterocycles. The number of hydrogen-bond donors (Lipinski definition) is 1. The van der Waals surface area contributed by atoms with Crippen molar-refractivity contribution < 1.29 is 10.0 Å². The Kier molecular flexibility index (Phi) is 3.06. The summed E-state index contributed by atoms with van der Waals surface area (Å²) in [6.45, 7) is 1.96. The first kappa shape index (κ1) is 12.9. The maximum Gasteiger partial charge on any atom is 0.271 e. The first-order valence-corrected chi connectivity index (χ1v) is 6.72. The molecule has 104 valence electrons. The van der Waals surface area contributed by atoms with E-state index in [1.54, 1.807) is 12.1 Å². The second-order valence-corrected chi connectivity index (χ2v) is 5.21. The fraction of sp³-hybridized carbons (Fsp3) is 0.333. The predicted molar refractivity (Wildman–Crippen MR) is 75.1 cm³/mol. The van der Waals surface area contributed by atoms with Crippen LogP contribution in [0.4, 0.5) is 5.69 Å². The number of non-ortho nitro benzene ring substituents is 1. The highest BCUT2D eigenvalue weighted by Gasteiger charge is 2.24. The van der Waals surface area contributed by atoms with Gasteiger partial charge >= 0.3 is 0 Å². The van der Waals surface area contributed by atoms with E-state index in [1.807, 2.05) is 23.6 Å². The highest BCUT2D eigenvalue weighted by atomic mass is 16.6. The van der Waals surface area contributed by atoms with Gasteiger partial charge in [-0.25, -0.2) is 0 Å². The van der Waals surface area contributed by atoms with Gasteiger partial charge in [0.25, 0.3) is 5.69 Å². The largest absolute Gasteiger partial charge is 0.388 e. The molecule has 0 radical (unpaired) electrons. The molecule has 1 heterocycles. The number of rotatable bonds is 2. The first-order valence-electron chi connectivity index (χ1n) is 6.72. The van der Waals surface area contributed by atoms with Gasteiger partial charge in [0.1, 0.15) is 0 Å². The Labute approximate surface area is 116 Å². The van der Waals surface area contributed by atoms with Crippen LogP contribution in [-0.4, -0.2) is 14.6 Å². The number of aryl methyl sites for hydroxylation is 1. The fourth-order valence-electron chi connectivity index (χ4n) is 2.98. The fourth-order valence-corrected chi connectivity index (χ4v) is 2.98. The molecule has 5 heteroatoms. The van der Waals surface area contributed by atoms with E-state index in [-0.39, 0.29) is 10.6 Å². The van der Waals surface area contributed by atoms with Crippen LogP contribution < -0.4 is 0 Å². The SMILES string of the molecule is Cc1cc2c(n1-c1cccc([N+](=O)[O-])c1)CCCC2O. The van der Waals surface area contributed by atoms with Gasteiger partial charge in [-0.1, -0.05) is 6.07 Å². The zero-order valence-corrected chi connectivity index (χ0v) is 11.2. The Morgan fingerprint density at radius 1 is 1.40 bits per heavy atom. The van der Waals surface area contributed by atoms with Crippen molar-refractivity contribution in [1.29, 1.82) is 0 Å². The third-order valence-electron chi connectivity index (χ3n) is 3.87. The summed E-state index contributed by atoms with van der Waals surface area (Å²) < 4.78 is 2.02. The van der Waals surface area contributed by atoms with Crippen LogP contribution in [0.2, 0.25) is 0 Å². The number of aromatic nitrogens is 1. The van der Waals surface area contributed by atoms with E-state index in [1.165, 1.54) is 6.07 Å². The maximum absolute atomic E-state index is 10.9. The Bertz CT molecular complexity index is 676. The number of benzene rings is 1. The maximum atomic E-state index is 10.9. The summed E-state index contributed by atoms with van der Waals surface area (Å²) in [7, 11) is 0. The molecule has 1 aromatic heterocycles. The smallest absolute Gasteiger partial charge is 0.271 e. The molecule has 0 amide bonds. The van der Waals surface area contributed by atoms with E-state index in [2.05, 4.69) is 0 Å². The van der Waals surface area contributed by atoms with Crippen molar-refractivity contribution in [2.24, 2.45) is 0 Å². The molecule has 1 aliphatic rings. The van der Waals surface area contributed by atoms with Crippen LogP contribution in [0.3, 0.4) is 0 Å². The van der Waals surface area contributed by atoms with Gasteiger partial charge < -0.3 is 9.67 Å². The molecule has 1 atom stereocenters. The molecule has 5 nitrogen and oxygen atoms in total. The number of hydrogen-bond acceptors (Lipinski definition) is 3. The van der Waals surface area contributed by atoms with Crippen molar-refractivity contribution in [2.45, 2.75) is 32.3 Å². The minimum atomic E-state index is -0.419. The van der Waals surface area contributed by atoms with Gasteiger partial charge in [-0.2, -0.15) is 0 Å². The zero-order chi connectivity index (χ0) is 14.3. The Morgan fingerprint density at radius 3 is 2.95 bits per heavy atom. The van der Waals surface area contributed by atoms with Crippen LogP contribution in [0, 0.1) is 17.0 Å².